The summed E-state index contributed by atoms with van der Waals surface area (Å²) in [6.45, 7) is 5.36. The molecule has 1 aromatic heterocycles. The number of hydrogen-bond acceptors (Lipinski definition) is 3. The van der Waals surface area contributed by atoms with E-state index in [-0.39, 0.29) is 11.8 Å². The fraction of sp³-hybridized carbons (Fsp3) is 0.200. The Morgan fingerprint density at radius 3 is 2.25 bits per heavy atom. The van der Waals surface area contributed by atoms with Crippen molar-refractivity contribution >= 4 is 34.5 Å². The summed E-state index contributed by atoms with van der Waals surface area (Å²) in [5.41, 5.74) is 2.01. The average molecular weight is 288 g/mol. The normalized spacial score (nSPS) is 10.2. The lowest BCUT2D eigenvalue weighted by molar-refractivity contribution is -0.114. The molecule has 1 heterocycles. The van der Waals surface area contributed by atoms with Crippen molar-refractivity contribution in [1.82, 2.24) is 0 Å². The van der Waals surface area contributed by atoms with E-state index >= 15 is 0 Å². The van der Waals surface area contributed by atoms with Crippen LogP contribution in [0.25, 0.3) is 0 Å². The number of benzene rings is 1. The Labute approximate surface area is 121 Å². The summed E-state index contributed by atoms with van der Waals surface area (Å²) in [4.78, 5) is 25.3. The van der Waals surface area contributed by atoms with E-state index in [1.54, 1.807) is 35.6 Å². The molecular weight excluding hydrogens is 272 g/mol. The molecule has 0 aliphatic rings. The van der Waals surface area contributed by atoms with Crippen molar-refractivity contribution in [2.24, 2.45) is 0 Å². The number of nitrogens with one attached hydrogen (secondary N) is 2. The molecule has 0 spiro atoms. The second-order valence-electron chi connectivity index (χ2n) is 4.54. The van der Waals surface area contributed by atoms with E-state index in [9.17, 15) is 9.59 Å². The Morgan fingerprint density at radius 2 is 1.70 bits per heavy atom. The van der Waals surface area contributed by atoms with Crippen LogP contribution < -0.4 is 10.6 Å². The lowest BCUT2D eigenvalue weighted by Crippen LogP contribution is -2.12. The first-order valence-electron chi connectivity index (χ1n) is 6.22. The predicted molar refractivity (Wildman–Crippen MR) is 82.5 cm³/mol. The topological polar surface area (TPSA) is 58.2 Å². The number of thiophene rings is 1. The van der Waals surface area contributed by atoms with Crippen molar-refractivity contribution in [3.8, 4) is 0 Å². The molecule has 0 radical (unpaired) electrons. The van der Waals surface area contributed by atoms with Gasteiger partial charge in [-0.3, -0.25) is 9.59 Å². The summed E-state index contributed by atoms with van der Waals surface area (Å²) < 4.78 is 0. The van der Waals surface area contributed by atoms with Gasteiger partial charge in [-0.05, 0) is 38.1 Å². The molecule has 0 fully saturated rings. The Hall–Kier alpha value is -2.14. The molecule has 2 aromatic rings. The van der Waals surface area contributed by atoms with Crippen LogP contribution >= 0.6 is 11.3 Å². The van der Waals surface area contributed by atoms with Crippen LogP contribution in [-0.4, -0.2) is 11.8 Å². The molecule has 0 unspecified atom stereocenters. The minimum atomic E-state index is -0.141. The summed E-state index contributed by atoms with van der Waals surface area (Å²) >= 11 is 1.60. The molecule has 20 heavy (non-hydrogen) atoms. The molecule has 2 N–H and O–H groups in total. The first kappa shape index (κ1) is 14.3. The Morgan fingerprint density at radius 1 is 1.05 bits per heavy atom. The van der Waals surface area contributed by atoms with Crippen molar-refractivity contribution in [3.63, 3.8) is 0 Å². The molecule has 4 nitrogen and oxygen atoms in total. The molecule has 104 valence electrons. The van der Waals surface area contributed by atoms with Crippen molar-refractivity contribution in [1.29, 1.82) is 0 Å². The van der Waals surface area contributed by atoms with Gasteiger partial charge in [0.25, 0.3) is 5.91 Å². The predicted octanol–water partition coefficient (Wildman–Crippen LogP) is 3.58. The summed E-state index contributed by atoms with van der Waals surface area (Å²) in [5, 5.41) is 5.53. The highest BCUT2D eigenvalue weighted by Gasteiger charge is 2.12. The van der Waals surface area contributed by atoms with Crippen LogP contribution in [0.15, 0.2) is 30.3 Å². The summed E-state index contributed by atoms with van der Waals surface area (Å²) in [6, 6.07) is 8.96. The zero-order valence-electron chi connectivity index (χ0n) is 11.6. The molecule has 0 bridgehead atoms. The van der Waals surface area contributed by atoms with Crippen LogP contribution in [0.3, 0.4) is 0 Å². The third kappa shape index (κ3) is 3.45. The number of amides is 2. The van der Waals surface area contributed by atoms with Gasteiger partial charge in [0.05, 0.1) is 5.56 Å². The maximum atomic E-state index is 12.2. The van der Waals surface area contributed by atoms with Gasteiger partial charge in [-0.25, -0.2) is 0 Å². The monoisotopic (exact) mass is 288 g/mol. The second-order valence-corrected chi connectivity index (χ2v) is 6.00. The Bertz CT molecular complexity index is 662. The van der Waals surface area contributed by atoms with E-state index in [1.807, 2.05) is 19.9 Å². The van der Waals surface area contributed by atoms with E-state index in [0.717, 1.165) is 9.75 Å². The molecule has 0 aliphatic heterocycles. The molecule has 1 aromatic carbocycles. The standard InChI is InChI=1S/C15H16N2O2S/c1-9-7-14(10(2)20-9)15(19)17-13-6-4-5-12(8-13)16-11(3)18/h4-8H,1-3H3,(H,16,18)(H,17,19). The highest BCUT2D eigenvalue weighted by Crippen LogP contribution is 2.22. The van der Waals surface area contributed by atoms with Crippen LogP contribution in [0.5, 0.6) is 0 Å². The van der Waals surface area contributed by atoms with E-state index in [1.165, 1.54) is 6.92 Å². The fourth-order valence-corrected chi connectivity index (χ4v) is 2.85. The maximum absolute atomic E-state index is 12.2. The number of carbonyl (C=O) groups excluding carboxylic acids is 2. The van der Waals surface area contributed by atoms with Crippen LogP contribution in [0.2, 0.25) is 0 Å². The SMILES string of the molecule is CC(=O)Nc1cccc(NC(=O)c2cc(C)sc2C)c1. The highest BCUT2D eigenvalue weighted by atomic mass is 32.1. The average Bonchev–Trinajstić information content (AvgIpc) is 2.68. The highest BCUT2D eigenvalue weighted by molar-refractivity contribution is 7.12. The number of rotatable bonds is 3. The van der Waals surface area contributed by atoms with Gasteiger partial charge in [0.2, 0.25) is 5.91 Å². The molecule has 0 aliphatic carbocycles. The molecule has 0 atom stereocenters. The summed E-state index contributed by atoms with van der Waals surface area (Å²) in [7, 11) is 0. The van der Waals surface area contributed by atoms with Crippen LogP contribution in [0, 0.1) is 13.8 Å². The largest absolute Gasteiger partial charge is 0.326 e. The van der Waals surface area contributed by atoms with Gasteiger partial charge in [0.1, 0.15) is 0 Å². The maximum Gasteiger partial charge on any atom is 0.256 e. The molecule has 0 saturated heterocycles. The lowest BCUT2D eigenvalue weighted by Gasteiger charge is -2.07. The third-order valence-corrected chi connectivity index (χ3v) is 3.69. The minimum absolute atomic E-state index is 0.133. The number of anilines is 2. The zero-order chi connectivity index (χ0) is 14.7. The van der Waals surface area contributed by atoms with Crippen molar-refractivity contribution < 1.29 is 9.59 Å². The van der Waals surface area contributed by atoms with Gasteiger partial charge in [-0.15, -0.1) is 11.3 Å². The van der Waals surface area contributed by atoms with Crippen molar-refractivity contribution in [2.45, 2.75) is 20.8 Å². The smallest absolute Gasteiger partial charge is 0.256 e. The van der Waals surface area contributed by atoms with Crippen LogP contribution in [-0.2, 0) is 4.79 Å². The molecule has 5 heteroatoms. The molecule has 0 saturated carbocycles. The van der Waals surface area contributed by atoms with E-state index in [4.69, 9.17) is 0 Å². The summed E-state index contributed by atoms with van der Waals surface area (Å²) in [6.07, 6.45) is 0. The van der Waals surface area contributed by atoms with Gasteiger partial charge in [-0.1, -0.05) is 6.07 Å². The second kappa shape index (κ2) is 5.88. The van der Waals surface area contributed by atoms with E-state index in [2.05, 4.69) is 10.6 Å². The van der Waals surface area contributed by atoms with Crippen molar-refractivity contribution in [3.05, 3.63) is 45.6 Å². The van der Waals surface area contributed by atoms with Gasteiger partial charge >= 0.3 is 0 Å². The lowest BCUT2D eigenvalue weighted by atomic mass is 10.2. The Kier molecular flexibility index (Phi) is 4.20. The first-order chi connectivity index (χ1) is 9.45. The number of carbonyl (C=O) groups is 2. The van der Waals surface area contributed by atoms with Crippen molar-refractivity contribution in [2.75, 3.05) is 10.6 Å². The minimum Gasteiger partial charge on any atom is -0.326 e. The third-order valence-electron chi connectivity index (χ3n) is 2.73. The number of hydrogen-bond donors (Lipinski definition) is 2. The van der Waals surface area contributed by atoms with Gasteiger partial charge < -0.3 is 10.6 Å². The molecular formula is C15H16N2O2S. The Balaban J connectivity index is 2.15. The van der Waals surface area contributed by atoms with Gasteiger partial charge in [0, 0.05) is 28.1 Å². The molecule has 2 rings (SSSR count). The fourth-order valence-electron chi connectivity index (χ4n) is 1.93. The quantitative estimate of drug-likeness (QED) is 0.907. The van der Waals surface area contributed by atoms with Crippen LogP contribution in [0.4, 0.5) is 11.4 Å². The first-order valence-corrected chi connectivity index (χ1v) is 7.03. The van der Waals surface area contributed by atoms with Gasteiger partial charge in [-0.2, -0.15) is 0 Å². The number of aryl methyl sites for hydroxylation is 2. The zero-order valence-corrected chi connectivity index (χ0v) is 12.4. The van der Waals surface area contributed by atoms with Crippen LogP contribution in [0.1, 0.15) is 27.0 Å². The summed E-state index contributed by atoms with van der Waals surface area (Å²) in [5.74, 6) is -0.274. The van der Waals surface area contributed by atoms with E-state index < -0.39 is 0 Å². The molecule has 2 amide bonds. The van der Waals surface area contributed by atoms with E-state index in [0.29, 0.717) is 16.9 Å². The van der Waals surface area contributed by atoms with Gasteiger partial charge in [0.15, 0.2) is 0 Å².